The smallest absolute Gasteiger partial charge is 0.0688 e. The molecule has 0 unspecified atom stereocenters. The lowest BCUT2D eigenvalue weighted by Crippen LogP contribution is -2.40. The second-order valence-electron chi connectivity index (χ2n) is 5.69. The summed E-state index contributed by atoms with van der Waals surface area (Å²) in [6.45, 7) is 0.958. The van der Waals surface area contributed by atoms with Crippen LogP contribution in [0.15, 0.2) is 30.3 Å². The molecule has 92 valence electrons. The van der Waals surface area contributed by atoms with E-state index in [1.807, 2.05) is 0 Å². The van der Waals surface area contributed by atoms with Crippen LogP contribution in [-0.2, 0) is 4.74 Å². The van der Waals surface area contributed by atoms with E-state index in [4.69, 9.17) is 4.74 Å². The molecule has 17 heavy (non-hydrogen) atoms. The van der Waals surface area contributed by atoms with Gasteiger partial charge in [0.25, 0.3) is 0 Å². The van der Waals surface area contributed by atoms with Gasteiger partial charge in [-0.15, -0.1) is 0 Å². The fourth-order valence-corrected chi connectivity index (χ4v) is 3.58. The van der Waals surface area contributed by atoms with Gasteiger partial charge in [-0.25, -0.2) is 0 Å². The first-order valence-electron chi connectivity index (χ1n) is 7.07. The number of hydrogen-bond donors (Lipinski definition) is 0. The first kappa shape index (κ1) is 11.3. The summed E-state index contributed by atoms with van der Waals surface area (Å²) in [5.41, 5.74) is 1.75. The van der Waals surface area contributed by atoms with Gasteiger partial charge in [-0.2, -0.15) is 0 Å². The first-order valence-corrected chi connectivity index (χ1v) is 7.07. The Bertz CT molecular complexity index is 346. The zero-order valence-electron chi connectivity index (χ0n) is 10.5. The molecule has 1 aliphatic carbocycles. The highest BCUT2D eigenvalue weighted by Gasteiger charge is 2.38. The molecule has 1 atom stereocenters. The van der Waals surface area contributed by atoms with Gasteiger partial charge in [0, 0.05) is 6.61 Å². The normalized spacial score (nSPS) is 28.1. The monoisotopic (exact) mass is 230 g/mol. The zero-order valence-corrected chi connectivity index (χ0v) is 10.5. The second kappa shape index (κ2) is 4.81. The van der Waals surface area contributed by atoms with Crippen LogP contribution in [-0.4, -0.2) is 12.2 Å². The van der Waals surface area contributed by atoms with Crippen LogP contribution in [0.1, 0.15) is 56.4 Å². The SMILES string of the molecule is c1ccc([C@H]2CCOC3(CCCCC3)C2)cc1. The Morgan fingerprint density at radius 2 is 1.76 bits per heavy atom. The Labute approximate surface area is 104 Å². The van der Waals surface area contributed by atoms with Crippen molar-refractivity contribution in [2.75, 3.05) is 6.61 Å². The Kier molecular flexibility index (Phi) is 3.19. The summed E-state index contributed by atoms with van der Waals surface area (Å²) in [4.78, 5) is 0. The number of rotatable bonds is 1. The highest BCUT2D eigenvalue weighted by molar-refractivity contribution is 5.20. The van der Waals surface area contributed by atoms with Crippen molar-refractivity contribution in [1.29, 1.82) is 0 Å². The predicted molar refractivity (Wildman–Crippen MR) is 70.2 cm³/mol. The van der Waals surface area contributed by atoms with E-state index in [2.05, 4.69) is 30.3 Å². The van der Waals surface area contributed by atoms with Crippen LogP contribution in [0.3, 0.4) is 0 Å². The van der Waals surface area contributed by atoms with Crippen LogP contribution in [0.25, 0.3) is 0 Å². The first-order chi connectivity index (χ1) is 8.38. The molecule has 2 fully saturated rings. The van der Waals surface area contributed by atoms with E-state index in [0.717, 1.165) is 12.5 Å². The summed E-state index contributed by atoms with van der Waals surface area (Å²) in [6, 6.07) is 11.0. The zero-order chi connectivity index (χ0) is 11.6. The lowest BCUT2D eigenvalue weighted by Gasteiger charge is -2.43. The lowest BCUT2D eigenvalue weighted by molar-refractivity contribution is -0.106. The molecule has 1 heterocycles. The molecule has 1 heteroatoms. The van der Waals surface area contributed by atoms with E-state index >= 15 is 0 Å². The van der Waals surface area contributed by atoms with Crippen molar-refractivity contribution in [2.24, 2.45) is 0 Å². The van der Waals surface area contributed by atoms with Gasteiger partial charge in [-0.05, 0) is 37.2 Å². The quantitative estimate of drug-likeness (QED) is 0.699. The molecule has 0 amide bonds. The van der Waals surface area contributed by atoms with Crippen molar-refractivity contribution in [1.82, 2.24) is 0 Å². The van der Waals surface area contributed by atoms with E-state index in [1.165, 1.54) is 50.5 Å². The van der Waals surface area contributed by atoms with Crippen molar-refractivity contribution < 1.29 is 4.74 Å². The van der Waals surface area contributed by atoms with Crippen LogP contribution >= 0.6 is 0 Å². The molecule has 1 spiro atoms. The molecule has 0 radical (unpaired) electrons. The molecule has 1 aromatic carbocycles. The molecule has 0 aromatic heterocycles. The van der Waals surface area contributed by atoms with Crippen LogP contribution in [0.5, 0.6) is 0 Å². The van der Waals surface area contributed by atoms with E-state index in [-0.39, 0.29) is 5.60 Å². The Morgan fingerprint density at radius 3 is 2.53 bits per heavy atom. The summed E-state index contributed by atoms with van der Waals surface area (Å²) in [6.07, 6.45) is 9.15. The van der Waals surface area contributed by atoms with E-state index in [9.17, 15) is 0 Å². The van der Waals surface area contributed by atoms with Crippen molar-refractivity contribution in [2.45, 2.75) is 56.5 Å². The minimum atomic E-state index is 0.233. The molecule has 0 N–H and O–H groups in total. The summed E-state index contributed by atoms with van der Waals surface area (Å²) in [7, 11) is 0. The fourth-order valence-electron chi connectivity index (χ4n) is 3.58. The van der Waals surface area contributed by atoms with E-state index < -0.39 is 0 Å². The maximum atomic E-state index is 6.16. The molecular formula is C16H22O. The molecule has 2 aliphatic rings. The van der Waals surface area contributed by atoms with Gasteiger partial charge in [0.15, 0.2) is 0 Å². The third kappa shape index (κ3) is 2.40. The summed E-state index contributed by atoms with van der Waals surface area (Å²) < 4.78 is 6.16. The van der Waals surface area contributed by atoms with Crippen LogP contribution in [0, 0.1) is 0 Å². The van der Waals surface area contributed by atoms with Crippen molar-refractivity contribution in [3.63, 3.8) is 0 Å². The minimum absolute atomic E-state index is 0.233. The molecule has 1 aromatic rings. The van der Waals surface area contributed by atoms with Crippen molar-refractivity contribution >= 4 is 0 Å². The highest BCUT2D eigenvalue weighted by Crippen LogP contribution is 2.43. The number of benzene rings is 1. The molecule has 1 nitrogen and oxygen atoms in total. The average molecular weight is 230 g/mol. The van der Waals surface area contributed by atoms with Crippen LogP contribution in [0.2, 0.25) is 0 Å². The van der Waals surface area contributed by atoms with Gasteiger partial charge in [0.1, 0.15) is 0 Å². The molecular weight excluding hydrogens is 208 g/mol. The van der Waals surface area contributed by atoms with Gasteiger partial charge in [-0.1, -0.05) is 49.6 Å². The van der Waals surface area contributed by atoms with Gasteiger partial charge in [0.05, 0.1) is 5.60 Å². The van der Waals surface area contributed by atoms with Crippen LogP contribution < -0.4 is 0 Å². The maximum absolute atomic E-state index is 6.16. The second-order valence-corrected chi connectivity index (χ2v) is 5.69. The van der Waals surface area contributed by atoms with Gasteiger partial charge >= 0.3 is 0 Å². The Morgan fingerprint density at radius 1 is 1.00 bits per heavy atom. The summed E-state index contributed by atoms with van der Waals surface area (Å²) in [5.74, 6) is 0.725. The lowest BCUT2D eigenvalue weighted by atomic mass is 9.74. The van der Waals surface area contributed by atoms with Crippen molar-refractivity contribution in [3.05, 3.63) is 35.9 Å². The molecule has 0 bridgehead atoms. The third-order valence-electron chi connectivity index (χ3n) is 4.53. The van der Waals surface area contributed by atoms with E-state index in [1.54, 1.807) is 0 Å². The van der Waals surface area contributed by atoms with Crippen LogP contribution in [0.4, 0.5) is 0 Å². The maximum Gasteiger partial charge on any atom is 0.0688 e. The third-order valence-corrected chi connectivity index (χ3v) is 4.53. The average Bonchev–Trinajstić information content (AvgIpc) is 2.41. The standard InChI is InChI=1S/C16H22O/c1-3-7-14(8-4-1)15-9-12-17-16(13-15)10-5-2-6-11-16/h1,3-4,7-8,15H,2,5-6,9-13H2/t15-/m0/s1. The van der Waals surface area contributed by atoms with Gasteiger partial charge in [-0.3, -0.25) is 0 Å². The number of ether oxygens (including phenoxy) is 1. The molecule has 1 saturated heterocycles. The molecule has 1 saturated carbocycles. The summed E-state index contributed by atoms with van der Waals surface area (Å²) in [5, 5.41) is 0. The summed E-state index contributed by atoms with van der Waals surface area (Å²) >= 11 is 0. The van der Waals surface area contributed by atoms with Crippen molar-refractivity contribution in [3.8, 4) is 0 Å². The topological polar surface area (TPSA) is 9.23 Å². The molecule has 3 rings (SSSR count). The number of hydrogen-bond acceptors (Lipinski definition) is 1. The Balaban J connectivity index is 1.75. The largest absolute Gasteiger partial charge is 0.375 e. The van der Waals surface area contributed by atoms with E-state index in [0.29, 0.717) is 0 Å². The predicted octanol–water partition coefficient (Wildman–Crippen LogP) is 4.28. The minimum Gasteiger partial charge on any atom is -0.375 e. The fraction of sp³-hybridized carbons (Fsp3) is 0.625. The Hall–Kier alpha value is -0.820. The molecule has 1 aliphatic heterocycles. The van der Waals surface area contributed by atoms with Gasteiger partial charge in [0.2, 0.25) is 0 Å². The highest BCUT2D eigenvalue weighted by atomic mass is 16.5. The van der Waals surface area contributed by atoms with Gasteiger partial charge < -0.3 is 4.74 Å².